The van der Waals surface area contributed by atoms with E-state index in [0.29, 0.717) is 25.6 Å². The zero-order valence-corrected chi connectivity index (χ0v) is 19.0. The number of likely N-dealkylation sites (tertiary alicyclic amines) is 1. The van der Waals surface area contributed by atoms with Crippen molar-refractivity contribution in [1.82, 2.24) is 31.1 Å². The van der Waals surface area contributed by atoms with Gasteiger partial charge in [-0.3, -0.25) is 24.4 Å². The van der Waals surface area contributed by atoms with Gasteiger partial charge in [0.2, 0.25) is 11.8 Å². The summed E-state index contributed by atoms with van der Waals surface area (Å²) < 4.78 is 0. The lowest BCUT2D eigenvalue weighted by Gasteiger charge is -2.32. The first-order valence-corrected chi connectivity index (χ1v) is 9.58. The lowest BCUT2D eigenvalue weighted by atomic mass is 10.1. The van der Waals surface area contributed by atoms with E-state index in [-0.39, 0.29) is 54.4 Å². The summed E-state index contributed by atoms with van der Waals surface area (Å²) in [6.45, 7) is 5.74. The average Bonchev–Trinajstić information content (AvgIpc) is 2.99. The fraction of sp³-hybridized carbons (Fsp3) is 0.765. The van der Waals surface area contributed by atoms with Crippen LogP contribution in [0.3, 0.4) is 0 Å². The van der Waals surface area contributed by atoms with Gasteiger partial charge >= 0.3 is 6.03 Å². The summed E-state index contributed by atoms with van der Waals surface area (Å²) in [6.07, 6.45) is 2.80. The van der Waals surface area contributed by atoms with Crippen molar-refractivity contribution < 1.29 is 14.4 Å². The molecule has 0 aromatic heterocycles. The summed E-state index contributed by atoms with van der Waals surface area (Å²) in [6, 6.07) is -0.0667. The molecular weight excluding hydrogens is 477 g/mol. The number of halogens is 1. The fourth-order valence-corrected chi connectivity index (χ4v) is 3.11. The van der Waals surface area contributed by atoms with Crippen LogP contribution in [-0.4, -0.2) is 92.5 Å². The van der Waals surface area contributed by atoms with E-state index < -0.39 is 0 Å². The van der Waals surface area contributed by atoms with Gasteiger partial charge in [-0.15, -0.1) is 24.0 Å². The minimum atomic E-state index is -0.347. The van der Waals surface area contributed by atoms with Crippen molar-refractivity contribution in [2.45, 2.75) is 32.2 Å². The maximum Gasteiger partial charge on any atom is 0.324 e. The SMILES string of the molecule is CCCNC(=O)CN1CCC(NC(=NC)NCCN2C(=O)CNC2=O)CC1.I. The molecule has 10 nitrogen and oxygen atoms in total. The van der Waals surface area contributed by atoms with Crippen LogP contribution >= 0.6 is 24.0 Å². The average molecular weight is 509 g/mol. The quantitative estimate of drug-likeness (QED) is 0.149. The summed E-state index contributed by atoms with van der Waals surface area (Å²) in [5.74, 6) is 0.530. The van der Waals surface area contributed by atoms with Crippen LogP contribution in [0.2, 0.25) is 0 Å². The number of piperidine rings is 1. The van der Waals surface area contributed by atoms with Crippen molar-refractivity contribution >= 4 is 47.8 Å². The smallest absolute Gasteiger partial charge is 0.324 e. The molecule has 0 unspecified atom stereocenters. The third-order valence-corrected chi connectivity index (χ3v) is 4.66. The highest BCUT2D eigenvalue weighted by molar-refractivity contribution is 14.0. The molecule has 0 radical (unpaired) electrons. The largest absolute Gasteiger partial charge is 0.355 e. The first-order valence-electron chi connectivity index (χ1n) is 9.58. The maximum atomic E-state index is 11.8. The van der Waals surface area contributed by atoms with Crippen molar-refractivity contribution in [2.24, 2.45) is 4.99 Å². The second-order valence-electron chi connectivity index (χ2n) is 6.75. The van der Waals surface area contributed by atoms with Gasteiger partial charge in [-0.05, 0) is 19.3 Å². The summed E-state index contributed by atoms with van der Waals surface area (Å²) in [5.41, 5.74) is 0. The van der Waals surface area contributed by atoms with E-state index in [4.69, 9.17) is 0 Å². The van der Waals surface area contributed by atoms with Gasteiger partial charge in [0.15, 0.2) is 5.96 Å². The molecule has 2 aliphatic heterocycles. The van der Waals surface area contributed by atoms with Gasteiger partial charge in [0.25, 0.3) is 0 Å². The predicted molar refractivity (Wildman–Crippen MR) is 118 cm³/mol. The molecule has 0 bridgehead atoms. The summed E-state index contributed by atoms with van der Waals surface area (Å²) in [7, 11) is 1.69. The van der Waals surface area contributed by atoms with E-state index in [0.717, 1.165) is 38.9 Å². The van der Waals surface area contributed by atoms with E-state index in [1.807, 2.05) is 6.92 Å². The minimum absolute atomic E-state index is 0. The van der Waals surface area contributed by atoms with E-state index in [9.17, 15) is 14.4 Å². The first kappa shape index (κ1) is 24.4. The second kappa shape index (κ2) is 12.8. The molecule has 0 saturated carbocycles. The molecule has 4 amide bonds. The van der Waals surface area contributed by atoms with Crippen molar-refractivity contribution in [3.8, 4) is 0 Å². The Morgan fingerprint density at radius 2 is 1.93 bits per heavy atom. The van der Waals surface area contributed by atoms with E-state index in [1.54, 1.807) is 7.05 Å². The molecule has 0 atom stereocenters. The molecule has 11 heteroatoms. The number of nitrogens with zero attached hydrogens (tertiary/aromatic N) is 3. The number of amides is 4. The molecule has 2 fully saturated rings. The van der Waals surface area contributed by atoms with Crippen molar-refractivity contribution in [1.29, 1.82) is 0 Å². The van der Waals surface area contributed by atoms with Crippen LogP contribution < -0.4 is 21.3 Å². The number of hydrogen-bond acceptors (Lipinski definition) is 5. The first-order chi connectivity index (χ1) is 13.0. The van der Waals surface area contributed by atoms with Gasteiger partial charge < -0.3 is 21.3 Å². The van der Waals surface area contributed by atoms with Gasteiger partial charge in [0.05, 0.1) is 13.1 Å². The number of rotatable bonds is 8. The van der Waals surface area contributed by atoms with E-state index in [2.05, 4.69) is 31.2 Å². The Balaban J connectivity index is 0.00000392. The molecule has 0 spiro atoms. The molecular formula is C17H32IN7O3. The Kier molecular flexibility index (Phi) is 11.1. The Bertz CT molecular complexity index is 549. The standard InChI is InChI=1S/C17H31N7O3.HI/c1-3-6-19-14(25)12-23-8-4-13(5-9-23)22-16(18-2)20-7-10-24-15(26)11-21-17(24)27;/h13H,3-12H2,1-2H3,(H,19,25)(H,21,27)(H2,18,20,22);1H. The zero-order chi connectivity index (χ0) is 19.6. The molecule has 2 saturated heterocycles. The molecule has 2 aliphatic rings. The lowest BCUT2D eigenvalue weighted by molar-refractivity contribution is -0.125. The highest BCUT2D eigenvalue weighted by atomic mass is 127. The van der Waals surface area contributed by atoms with Crippen LogP contribution in [0.5, 0.6) is 0 Å². The Labute approximate surface area is 183 Å². The number of carbonyl (C=O) groups is 3. The summed E-state index contributed by atoms with van der Waals surface area (Å²) in [5, 5.41) is 11.9. The third-order valence-electron chi connectivity index (χ3n) is 4.66. The number of guanidine groups is 1. The Hall–Kier alpha value is -1.63. The fourth-order valence-electron chi connectivity index (χ4n) is 3.11. The van der Waals surface area contributed by atoms with Crippen LogP contribution in [0.1, 0.15) is 26.2 Å². The Morgan fingerprint density at radius 1 is 1.21 bits per heavy atom. The monoisotopic (exact) mass is 509 g/mol. The van der Waals surface area contributed by atoms with Crippen LogP contribution in [0.25, 0.3) is 0 Å². The van der Waals surface area contributed by atoms with E-state index >= 15 is 0 Å². The number of aliphatic imine (C=N–C) groups is 1. The predicted octanol–water partition coefficient (Wildman–Crippen LogP) is -0.688. The van der Waals surface area contributed by atoms with Crippen molar-refractivity contribution in [3.05, 3.63) is 0 Å². The highest BCUT2D eigenvalue weighted by Gasteiger charge is 2.28. The number of imide groups is 1. The highest BCUT2D eigenvalue weighted by Crippen LogP contribution is 2.09. The number of nitrogens with one attached hydrogen (secondary N) is 4. The number of hydrogen-bond donors (Lipinski definition) is 4. The zero-order valence-electron chi connectivity index (χ0n) is 16.6. The molecule has 0 aliphatic carbocycles. The van der Waals surface area contributed by atoms with Gasteiger partial charge in [-0.1, -0.05) is 6.92 Å². The van der Waals surface area contributed by atoms with Crippen molar-refractivity contribution in [3.63, 3.8) is 0 Å². The van der Waals surface area contributed by atoms with Crippen LogP contribution in [-0.2, 0) is 9.59 Å². The van der Waals surface area contributed by atoms with Gasteiger partial charge in [-0.2, -0.15) is 0 Å². The normalized spacial score (nSPS) is 18.5. The lowest BCUT2D eigenvalue weighted by Crippen LogP contribution is -2.51. The van der Waals surface area contributed by atoms with Crippen LogP contribution in [0.15, 0.2) is 4.99 Å². The van der Waals surface area contributed by atoms with Gasteiger partial charge in [-0.25, -0.2) is 4.79 Å². The number of urea groups is 1. The van der Waals surface area contributed by atoms with E-state index in [1.165, 1.54) is 4.90 Å². The number of carbonyl (C=O) groups excluding carboxylic acids is 3. The minimum Gasteiger partial charge on any atom is -0.355 e. The van der Waals surface area contributed by atoms with Crippen LogP contribution in [0.4, 0.5) is 4.79 Å². The Morgan fingerprint density at radius 3 is 2.50 bits per heavy atom. The maximum absolute atomic E-state index is 11.8. The topological polar surface area (TPSA) is 118 Å². The third kappa shape index (κ3) is 7.78. The van der Waals surface area contributed by atoms with Gasteiger partial charge in [0, 0.05) is 45.8 Å². The van der Waals surface area contributed by atoms with Crippen molar-refractivity contribution in [2.75, 3.05) is 52.9 Å². The molecule has 4 N–H and O–H groups in total. The molecule has 28 heavy (non-hydrogen) atoms. The molecule has 2 heterocycles. The summed E-state index contributed by atoms with van der Waals surface area (Å²) >= 11 is 0. The summed E-state index contributed by atoms with van der Waals surface area (Å²) in [4.78, 5) is 42.4. The van der Waals surface area contributed by atoms with Gasteiger partial charge in [0.1, 0.15) is 0 Å². The molecule has 160 valence electrons. The second-order valence-corrected chi connectivity index (χ2v) is 6.75. The molecule has 2 rings (SSSR count). The van der Waals surface area contributed by atoms with Crippen LogP contribution in [0, 0.1) is 0 Å². The molecule has 0 aromatic rings. The molecule has 0 aromatic carbocycles.